The van der Waals surface area contributed by atoms with Crippen LogP contribution in [0.4, 0.5) is 5.69 Å². The fraction of sp³-hybridized carbons (Fsp3) is 0.357. The second-order valence-corrected chi connectivity index (χ2v) is 4.67. The van der Waals surface area contributed by atoms with Crippen molar-refractivity contribution in [3.05, 3.63) is 41.4 Å². The SMILES string of the molecule is CCCn1ccnc1CNc1cc(Cl)ccc1OC. The van der Waals surface area contributed by atoms with Crippen LogP contribution in [-0.4, -0.2) is 16.7 Å². The van der Waals surface area contributed by atoms with Crippen molar-refractivity contribution < 1.29 is 4.74 Å². The van der Waals surface area contributed by atoms with Crippen LogP contribution >= 0.6 is 11.6 Å². The molecule has 0 radical (unpaired) electrons. The van der Waals surface area contributed by atoms with Gasteiger partial charge in [0, 0.05) is 24.0 Å². The first kappa shape index (κ1) is 13.7. The molecule has 0 aliphatic carbocycles. The van der Waals surface area contributed by atoms with E-state index in [1.807, 2.05) is 30.6 Å². The van der Waals surface area contributed by atoms with Crippen molar-refractivity contribution >= 4 is 17.3 Å². The lowest BCUT2D eigenvalue weighted by Crippen LogP contribution is -2.09. The molecule has 4 nitrogen and oxygen atoms in total. The average Bonchev–Trinajstić information content (AvgIpc) is 2.84. The van der Waals surface area contributed by atoms with Gasteiger partial charge in [0.25, 0.3) is 0 Å². The van der Waals surface area contributed by atoms with Crippen molar-refractivity contribution in [1.82, 2.24) is 9.55 Å². The molecule has 1 N–H and O–H groups in total. The quantitative estimate of drug-likeness (QED) is 0.879. The lowest BCUT2D eigenvalue weighted by molar-refractivity contribution is 0.416. The number of aryl methyl sites for hydroxylation is 1. The van der Waals surface area contributed by atoms with Gasteiger partial charge in [-0.15, -0.1) is 0 Å². The predicted molar refractivity (Wildman–Crippen MR) is 77.8 cm³/mol. The molecule has 2 rings (SSSR count). The summed E-state index contributed by atoms with van der Waals surface area (Å²) < 4.78 is 7.44. The maximum Gasteiger partial charge on any atom is 0.142 e. The molecule has 2 aromatic rings. The van der Waals surface area contributed by atoms with Gasteiger partial charge in [0.15, 0.2) is 0 Å². The highest BCUT2D eigenvalue weighted by molar-refractivity contribution is 6.30. The van der Waals surface area contributed by atoms with E-state index in [0.29, 0.717) is 11.6 Å². The smallest absolute Gasteiger partial charge is 0.142 e. The number of imidazole rings is 1. The molecule has 1 aromatic carbocycles. The van der Waals surface area contributed by atoms with Gasteiger partial charge in [-0.2, -0.15) is 0 Å². The third-order valence-corrected chi connectivity index (χ3v) is 3.10. The van der Waals surface area contributed by atoms with Crippen molar-refractivity contribution in [3.63, 3.8) is 0 Å². The van der Waals surface area contributed by atoms with Gasteiger partial charge in [0.1, 0.15) is 11.6 Å². The molecule has 0 aliphatic heterocycles. The standard InChI is InChI=1S/C14H18ClN3O/c1-3-7-18-8-6-16-14(18)10-17-12-9-11(15)4-5-13(12)19-2/h4-6,8-9,17H,3,7,10H2,1-2H3. The van der Waals surface area contributed by atoms with Gasteiger partial charge in [0.05, 0.1) is 19.3 Å². The van der Waals surface area contributed by atoms with E-state index in [1.54, 1.807) is 7.11 Å². The Morgan fingerprint density at radius 3 is 3.00 bits per heavy atom. The van der Waals surface area contributed by atoms with Gasteiger partial charge < -0.3 is 14.6 Å². The van der Waals surface area contributed by atoms with Crippen LogP contribution in [-0.2, 0) is 13.1 Å². The van der Waals surface area contributed by atoms with Crippen LogP contribution < -0.4 is 10.1 Å². The molecule has 1 aromatic heterocycles. The number of aromatic nitrogens is 2. The predicted octanol–water partition coefficient (Wildman–Crippen LogP) is 3.57. The van der Waals surface area contributed by atoms with E-state index >= 15 is 0 Å². The summed E-state index contributed by atoms with van der Waals surface area (Å²) in [6, 6.07) is 5.51. The van der Waals surface area contributed by atoms with Gasteiger partial charge in [-0.25, -0.2) is 4.98 Å². The molecule has 0 aliphatic rings. The minimum Gasteiger partial charge on any atom is -0.495 e. The molecule has 0 fully saturated rings. The molecule has 0 saturated carbocycles. The summed E-state index contributed by atoms with van der Waals surface area (Å²) in [5.41, 5.74) is 0.876. The molecule has 0 bridgehead atoms. The van der Waals surface area contributed by atoms with E-state index < -0.39 is 0 Å². The number of rotatable bonds is 6. The normalized spacial score (nSPS) is 10.5. The number of methoxy groups -OCH3 is 1. The number of ether oxygens (including phenoxy) is 1. The minimum atomic E-state index is 0.643. The van der Waals surface area contributed by atoms with Crippen molar-refractivity contribution in [3.8, 4) is 5.75 Å². The number of hydrogen-bond acceptors (Lipinski definition) is 3. The molecule has 102 valence electrons. The van der Waals surface area contributed by atoms with E-state index in [9.17, 15) is 0 Å². The van der Waals surface area contributed by atoms with E-state index in [1.165, 1.54) is 0 Å². The molecule has 5 heteroatoms. The largest absolute Gasteiger partial charge is 0.495 e. The van der Waals surface area contributed by atoms with Crippen molar-refractivity contribution in [1.29, 1.82) is 0 Å². The highest BCUT2D eigenvalue weighted by atomic mass is 35.5. The molecule has 0 spiro atoms. The first-order valence-corrected chi connectivity index (χ1v) is 6.69. The molecular weight excluding hydrogens is 262 g/mol. The molecule has 0 unspecified atom stereocenters. The van der Waals surface area contributed by atoms with Crippen LogP contribution in [0.5, 0.6) is 5.75 Å². The summed E-state index contributed by atoms with van der Waals surface area (Å²) >= 11 is 6.00. The molecule has 0 amide bonds. The summed E-state index contributed by atoms with van der Waals surface area (Å²) in [7, 11) is 1.65. The lowest BCUT2D eigenvalue weighted by Gasteiger charge is -2.12. The maximum absolute atomic E-state index is 6.00. The van der Waals surface area contributed by atoms with Crippen LogP contribution in [0.25, 0.3) is 0 Å². The maximum atomic E-state index is 6.00. The molecule has 0 atom stereocenters. The third-order valence-electron chi connectivity index (χ3n) is 2.86. The number of anilines is 1. The van der Waals surface area contributed by atoms with Gasteiger partial charge in [-0.05, 0) is 24.6 Å². The molecular formula is C14H18ClN3O. The second-order valence-electron chi connectivity index (χ2n) is 4.24. The van der Waals surface area contributed by atoms with Crippen LogP contribution in [0.3, 0.4) is 0 Å². The summed E-state index contributed by atoms with van der Waals surface area (Å²) in [4.78, 5) is 4.35. The summed E-state index contributed by atoms with van der Waals surface area (Å²) in [5.74, 6) is 1.78. The van der Waals surface area contributed by atoms with E-state index in [2.05, 4.69) is 21.8 Å². The Morgan fingerprint density at radius 1 is 1.42 bits per heavy atom. The lowest BCUT2D eigenvalue weighted by atomic mass is 10.3. The van der Waals surface area contributed by atoms with Crippen LogP contribution in [0.2, 0.25) is 5.02 Å². The average molecular weight is 280 g/mol. The monoisotopic (exact) mass is 279 g/mol. The summed E-state index contributed by atoms with van der Waals surface area (Å²) in [6.07, 6.45) is 4.90. The Hall–Kier alpha value is -1.68. The van der Waals surface area contributed by atoms with Crippen molar-refractivity contribution in [2.75, 3.05) is 12.4 Å². The van der Waals surface area contributed by atoms with Gasteiger partial charge in [0.2, 0.25) is 0 Å². The first-order valence-electron chi connectivity index (χ1n) is 6.32. The topological polar surface area (TPSA) is 39.1 Å². The fourth-order valence-corrected chi connectivity index (χ4v) is 2.12. The van der Waals surface area contributed by atoms with Crippen molar-refractivity contribution in [2.45, 2.75) is 26.4 Å². The third kappa shape index (κ3) is 3.41. The van der Waals surface area contributed by atoms with Gasteiger partial charge in [-0.1, -0.05) is 18.5 Å². The van der Waals surface area contributed by atoms with Crippen LogP contribution in [0, 0.1) is 0 Å². The molecule has 19 heavy (non-hydrogen) atoms. The van der Waals surface area contributed by atoms with Gasteiger partial charge in [-0.3, -0.25) is 0 Å². The zero-order chi connectivity index (χ0) is 13.7. The minimum absolute atomic E-state index is 0.643. The Balaban J connectivity index is 2.09. The number of nitrogens with zero attached hydrogens (tertiary/aromatic N) is 2. The van der Waals surface area contributed by atoms with E-state index in [0.717, 1.165) is 30.2 Å². The fourth-order valence-electron chi connectivity index (χ4n) is 1.94. The number of nitrogens with one attached hydrogen (secondary N) is 1. The highest BCUT2D eigenvalue weighted by Gasteiger charge is 2.06. The summed E-state index contributed by atoms with van der Waals surface area (Å²) in [5, 5.41) is 3.99. The molecule has 0 saturated heterocycles. The number of benzene rings is 1. The Labute approximate surface area is 118 Å². The Kier molecular flexibility index (Phi) is 4.68. The highest BCUT2D eigenvalue weighted by Crippen LogP contribution is 2.27. The van der Waals surface area contributed by atoms with Crippen LogP contribution in [0.1, 0.15) is 19.2 Å². The van der Waals surface area contributed by atoms with Crippen molar-refractivity contribution in [2.24, 2.45) is 0 Å². The number of hydrogen-bond donors (Lipinski definition) is 1. The zero-order valence-electron chi connectivity index (χ0n) is 11.2. The zero-order valence-corrected chi connectivity index (χ0v) is 11.9. The summed E-state index contributed by atoms with van der Waals surface area (Å²) in [6.45, 7) is 3.77. The van der Waals surface area contributed by atoms with E-state index in [4.69, 9.17) is 16.3 Å². The first-order chi connectivity index (χ1) is 9.24. The van der Waals surface area contributed by atoms with Gasteiger partial charge >= 0.3 is 0 Å². The Morgan fingerprint density at radius 2 is 2.26 bits per heavy atom. The number of halogens is 1. The Bertz CT molecular complexity index is 539. The van der Waals surface area contributed by atoms with E-state index in [-0.39, 0.29) is 0 Å². The second kappa shape index (κ2) is 6.48. The van der Waals surface area contributed by atoms with Crippen LogP contribution in [0.15, 0.2) is 30.6 Å². The molecule has 1 heterocycles.